The first-order chi connectivity index (χ1) is 12.5. The molecular formula is C21H28N2O3. The first kappa shape index (κ1) is 19.8. The molecule has 0 aliphatic carbocycles. The Morgan fingerprint density at radius 2 is 2.00 bits per heavy atom. The summed E-state index contributed by atoms with van der Waals surface area (Å²) < 4.78 is 11.1. The van der Waals surface area contributed by atoms with Crippen LogP contribution in [0.25, 0.3) is 0 Å². The number of methoxy groups -OCH3 is 1. The van der Waals surface area contributed by atoms with Crippen LogP contribution in [0.2, 0.25) is 0 Å². The van der Waals surface area contributed by atoms with Crippen LogP contribution >= 0.6 is 0 Å². The van der Waals surface area contributed by atoms with E-state index < -0.39 is 0 Å². The molecule has 0 aliphatic heterocycles. The van der Waals surface area contributed by atoms with Gasteiger partial charge in [0.25, 0.3) is 5.91 Å². The van der Waals surface area contributed by atoms with Gasteiger partial charge in [-0.1, -0.05) is 29.8 Å². The molecule has 0 saturated heterocycles. The molecule has 0 bridgehead atoms. The van der Waals surface area contributed by atoms with E-state index in [1.54, 1.807) is 25.3 Å². The van der Waals surface area contributed by atoms with Crippen molar-refractivity contribution >= 4 is 5.91 Å². The zero-order valence-corrected chi connectivity index (χ0v) is 16.0. The number of benzene rings is 2. The lowest BCUT2D eigenvalue weighted by Gasteiger charge is -2.19. The molecule has 3 N–H and O–H groups in total. The maximum atomic E-state index is 12.9. The molecular weight excluding hydrogens is 328 g/mol. The fourth-order valence-corrected chi connectivity index (χ4v) is 2.93. The number of carbonyl (C=O) groups excluding carboxylic acids is 1. The Hall–Kier alpha value is -2.53. The Labute approximate surface area is 155 Å². The van der Waals surface area contributed by atoms with E-state index in [2.05, 4.69) is 37.4 Å². The maximum Gasteiger partial charge on any atom is 0.255 e. The van der Waals surface area contributed by atoms with Crippen molar-refractivity contribution in [3.8, 4) is 11.5 Å². The lowest BCUT2D eigenvalue weighted by molar-refractivity contribution is 0.0935. The average molecular weight is 356 g/mol. The highest BCUT2D eigenvalue weighted by Gasteiger charge is 2.19. The van der Waals surface area contributed by atoms with Gasteiger partial charge in [0, 0.05) is 0 Å². The molecule has 1 atom stereocenters. The molecule has 5 nitrogen and oxygen atoms in total. The van der Waals surface area contributed by atoms with Gasteiger partial charge in [-0.05, 0) is 57.0 Å². The predicted molar refractivity (Wildman–Crippen MR) is 104 cm³/mol. The highest BCUT2D eigenvalue weighted by atomic mass is 16.5. The number of ether oxygens (including phenoxy) is 2. The van der Waals surface area contributed by atoms with Gasteiger partial charge in [0.05, 0.1) is 25.3 Å². The summed E-state index contributed by atoms with van der Waals surface area (Å²) in [5.41, 5.74) is 9.43. The molecule has 0 fully saturated rings. The van der Waals surface area contributed by atoms with Crippen LogP contribution in [0.4, 0.5) is 0 Å². The summed E-state index contributed by atoms with van der Waals surface area (Å²) in [5, 5.41) is 3.06. The van der Waals surface area contributed by atoms with Crippen molar-refractivity contribution in [1.82, 2.24) is 5.32 Å². The summed E-state index contributed by atoms with van der Waals surface area (Å²) in [5.74, 6) is 0.793. The molecule has 1 amide bonds. The van der Waals surface area contributed by atoms with Crippen molar-refractivity contribution in [1.29, 1.82) is 0 Å². The molecule has 140 valence electrons. The van der Waals surface area contributed by atoms with Crippen LogP contribution in [0.3, 0.4) is 0 Å². The van der Waals surface area contributed by atoms with Crippen LogP contribution < -0.4 is 20.5 Å². The van der Waals surface area contributed by atoms with Gasteiger partial charge < -0.3 is 20.5 Å². The molecule has 1 unspecified atom stereocenters. The van der Waals surface area contributed by atoms with Crippen LogP contribution in [-0.2, 0) is 0 Å². The van der Waals surface area contributed by atoms with Gasteiger partial charge >= 0.3 is 0 Å². The fourth-order valence-electron chi connectivity index (χ4n) is 2.93. The number of nitrogens with one attached hydrogen (secondary N) is 1. The SMILES string of the molecule is COc1cccc(C(=O)NC(C)c2ccc(C)cc2C)c1OCCCN. The number of para-hydroxylation sites is 1. The molecule has 0 radical (unpaired) electrons. The van der Waals surface area contributed by atoms with Gasteiger partial charge in [-0.15, -0.1) is 0 Å². The Kier molecular flexibility index (Phi) is 7.04. The molecule has 0 spiro atoms. The third-order valence-electron chi connectivity index (χ3n) is 4.28. The molecule has 26 heavy (non-hydrogen) atoms. The standard InChI is InChI=1S/C21H28N2O3/c1-14-9-10-17(15(2)13-14)16(3)23-21(24)18-7-5-8-19(25-4)20(18)26-12-6-11-22/h5,7-10,13,16H,6,11-12,22H2,1-4H3,(H,23,24). The van der Waals surface area contributed by atoms with Gasteiger partial charge in [-0.2, -0.15) is 0 Å². The summed E-state index contributed by atoms with van der Waals surface area (Å²) in [6, 6.07) is 11.4. The number of rotatable bonds is 8. The van der Waals surface area contributed by atoms with Crippen LogP contribution in [0.15, 0.2) is 36.4 Å². The topological polar surface area (TPSA) is 73.6 Å². The third-order valence-corrected chi connectivity index (χ3v) is 4.28. The van der Waals surface area contributed by atoms with Crippen molar-refractivity contribution in [2.24, 2.45) is 5.73 Å². The van der Waals surface area contributed by atoms with Crippen molar-refractivity contribution in [2.75, 3.05) is 20.3 Å². The molecule has 2 rings (SSSR count). The minimum atomic E-state index is -0.195. The lowest BCUT2D eigenvalue weighted by atomic mass is 10.00. The van der Waals surface area contributed by atoms with Crippen molar-refractivity contribution in [3.63, 3.8) is 0 Å². The number of hydrogen-bond donors (Lipinski definition) is 2. The second kappa shape index (κ2) is 9.25. The number of amides is 1. The van der Waals surface area contributed by atoms with Crippen LogP contribution in [0.1, 0.15) is 46.4 Å². The van der Waals surface area contributed by atoms with Gasteiger partial charge in [-0.25, -0.2) is 0 Å². The van der Waals surface area contributed by atoms with E-state index in [-0.39, 0.29) is 11.9 Å². The lowest BCUT2D eigenvalue weighted by Crippen LogP contribution is -2.27. The summed E-state index contributed by atoms with van der Waals surface area (Å²) in [6.07, 6.45) is 0.706. The highest BCUT2D eigenvalue weighted by Crippen LogP contribution is 2.31. The van der Waals surface area contributed by atoms with Gasteiger partial charge in [0.15, 0.2) is 11.5 Å². The van der Waals surface area contributed by atoms with Crippen LogP contribution in [0.5, 0.6) is 11.5 Å². The average Bonchev–Trinajstić information content (AvgIpc) is 2.61. The number of nitrogens with two attached hydrogens (primary N) is 1. The smallest absolute Gasteiger partial charge is 0.255 e. The third kappa shape index (κ3) is 4.76. The molecule has 0 heterocycles. The zero-order valence-electron chi connectivity index (χ0n) is 16.0. The number of aryl methyl sites for hydroxylation is 2. The molecule has 0 aromatic heterocycles. The summed E-state index contributed by atoms with van der Waals surface area (Å²) >= 11 is 0. The summed E-state index contributed by atoms with van der Waals surface area (Å²) in [4.78, 5) is 12.9. The van der Waals surface area contributed by atoms with E-state index in [9.17, 15) is 4.79 Å². The monoisotopic (exact) mass is 356 g/mol. The van der Waals surface area contributed by atoms with Crippen LogP contribution in [0, 0.1) is 13.8 Å². The van der Waals surface area contributed by atoms with Crippen molar-refractivity contribution in [2.45, 2.75) is 33.2 Å². The first-order valence-corrected chi connectivity index (χ1v) is 8.85. The minimum Gasteiger partial charge on any atom is -0.493 e. The van der Waals surface area contributed by atoms with E-state index >= 15 is 0 Å². The molecule has 0 aliphatic rings. The molecule has 2 aromatic rings. The maximum absolute atomic E-state index is 12.9. The molecule has 0 saturated carbocycles. The normalized spacial score (nSPS) is 11.7. The molecule has 5 heteroatoms. The Balaban J connectivity index is 2.22. The van der Waals surface area contributed by atoms with E-state index in [0.29, 0.717) is 36.6 Å². The fraction of sp³-hybridized carbons (Fsp3) is 0.381. The summed E-state index contributed by atoms with van der Waals surface area (Å²) in [6.45, 7) is 7.05. The number of hydrogen-bond acceptors (Lipinski definition) is 4. The predicted octanol–water partition coefficient (Wildman–Crippen LogP) is 3.53. The van der Waals surface area contributed by atoms with Gasteiger partial charge in [-0.3, -0.25) is 4.79 Å². The van der Waals surface area contributed by atoms with E-state index in [1.807, 2.05) is 6.92 Å². The minimum absolute atomic E-state index is 0.119. The molecule has 2 aromatic carbocycles. The largest absolute Gasteiger partial charge is 0.493 e. The van der Waals surface area contributed by atoms with Gasteiger partial charge in [0.2, 0.25) is 0 Å². The second-order valence-electron chi connectivity index (χ2n) is 6.38. The van der Waals surface area contributed by atoms with E-state index in [1.165, 1.54) is 5.56 Å². The van der Waals surface area contributed by atoms with Crippen molar-refractivity contribution in [3.05, 3.63) is 58.7 Å². The van der Waals surface area contributed by atoms with Gasteiger partial charge in [0.1, 0.15) is 0 Å². The second-order valence-corrected chi connectivity index (χ2v) is 6.38. The quantitative estimate of drug-likeness (QED) is 0.710. The summed E-state index contributed by atoms with van der Waals surface area (Å²) in [7, 11) is 1.56. The Bertz CT molecular complexity index is 759. The van der Waals surface area contributed by atoms with Crippen LogP contribution in [-0.4, -0.2) is 26.2 Å². The van der Waals surface area contributed by atoms with Crippen molar-refractivity contribution < 1.29 is 14.3 Å². The Morgan fingerprint density at radius 1 is 1.23 bits per heavy atom. The number of carbonyl (C=O) groups is 1. The highest BCUT2D eigenvalue weighted by molar-refractivity contribution is 5.98. The Morgan fingerprint density at radius 3 is 2.65 bits per heavy atom. The first-order valence-electron chi connectivity index (χ1n) is 8.85. The van der Waals surface area contributed by atoms with E-state index in [4.69, 9.17) is 15.2 Å². The van der Waals surface area contributed by atoms with E-state index in [0.717, 1.165) is 11.1 Å². The zero-order chi connectivity index (χ0) is 19.1.